The van der Waals surface area contributed by atoms with Crippen LogP contribution in [0.3, 0.4) is 0 Å². The molecule has 0 spiro atoms. The highest BCUT2D eigenvalue weighted by atomic mass is 79.9. The van der Waals surface area contributed by atoms with Crippen LogP contribution in [0.5, 0.6) is 0 Å². The molecule has 3 heteroatoms. The molecule has 2 aliphatic rings. The molecule has 2 atom stereocenters. The van der Waals surface area contributed by atoms with Crippen molar-refractivity contribution in [2.75, 3.05) is 17.2 Å². The Labute approximate surface area is 111 Å². The maximum absolute atomic E-state index is 5.81. The van der Waals surface area contributed by atoms with Crippen LogP contribution in [0, 0.1) is 5.92 Å². The second kappa shape index (κ2) is 4.52. The molecule has 1 saturated heterocycles. The summed E-state index contributed by atoms with van der Waals surface area (Å²) in [4.78, 5) is 2.59. The maximum Gasteiger partial charge on any atom is 0.0514 e. The normalized spacial score (nSPS) is 28.2. The van der Waals surface area contributed by atoms with Gasteiger partial charge in [-0.1, -0.05) is 12.8 Å². The third-order valence-electron chi connectivity index (χ3n) is 4.29. The summed E-state index contributed by atoms with van der Waals surface area (Å²) >= 11 is 3.65. The lowest BCUT2D eigenvalue weighted by Crippen LogP contribution is -2.34. The fourth-order valence-electron chi connectivity index (χ4n) is 3.46. The first-order valence-corrected chi connectivity index (χ1v) is 7.36. The minimum atomic E-state index is 0.767. The van der Waals surface area contributed by atoms with Crippen molar-refractivity contribution in [1.82, 2.24) is 0 Å². The van der Waals surface area contributed by atoms with Crippen molar-refractivity contribution in [2.24, 2.45) is 5.92 Å². The maximum atomic E-state index is 5.81. The molecular weight excluding hydrogens is 276 g/mol. The topological polar surface area (TPSA) is 29.3 Å². The summed E-state index contributed by atoms with van der Waals surface area (Å²) in [5, 5.41) is 0. The van der Waals surface area contributed by atoms with Crippen LogP contribution in [0.1, 0.15) is 32.1 Å². The third-order valence-corrected chi connectivity index (χ3v) is 4.93. The van der Waals surface area contributed by atoms with Gasteiger partial charge in [0.2, 0.25) is 0 Å². The standard InChI is InChI=1S/C14H19BrN2/c15-12-9-11(16)5-6-14(12)17-8-7-10-3-1-2-4-13(10)17/h5-6,9-10,13H,1-4,7-8,16H2. The lowest BCUT2D eigenvalue weighted by atomic mass is 9.85. The molecule has 17 heavy (non-hydrogen) atoms. The van der Waals surface area contributed by atoms with E-state index in [0.29, 0.717) is 0 Å². The minimum absolute atomic E-state index is 0.767. The van der Waals surface area contributed by atoms with E-state index in [1.54, 1.807) is 0 Å². The Morgan fingerprint density at radius 1 is 1.18 bits per heavy atom. The molecule has 0 bridgehead atoms. The zero-order valence-electron chi connectivity index (χ0n) is 10.0. The summed E-state index contributed by atoms with van der Waals surface area (Å²) < 4.78 is 1.14. The number of anilines is 2. The molecular formula is C14H19BrN2. The number of fused-ring (bicyclic) bond motifs is 1. The van der Waals surface area contributed by atoms with E-state index < -0.39 is 0 Å². The van der Waals surface area contributed by atoms with Gasteiger partial charge in [-0.25, -0.2) is 0 Å². The molecule has 92 valence electrons. The Morgan fingerprint density at radius 3 is 2.82 bits per heavy atom. The molecule has 2 nitrogen and oxygen atoms in total. The van der Waals surface area contributed by atoms with E-state index in [-0.39, 0.29) is 0 Å². The van der Waals surface area contributed by atoms with Gasteiger partial charge in [-0.2, -0.15) is 0 Å². The van der Waals surface area contributed by atoms with E-state index in [4.69, 9.17) is 5.73 Å². The van der Waals surface area contributed by atoms with Crippen molar-refractivity contribution in [2.45, 2.75) is 38.1 Å². The van der Waals surface area contributed by atoms with Crippen LogP contribution in [-0.2, 0) is 0 Å². The number of benzene rings is 1. The third kappa shape index (κ3) is 2.05. The van der Waals surface area contributed by atoms with E-state index >= 15 is 0 Å². The molecule has 1 aromatic carbocycles. The van der Waals surface area contributed by atoms with Crippen molar-refractivity contribution in [1.29, 1.82) is 0 Å². The minimum Gasteiger partial charge on any atom is -0.399 e. The second-order valence-corrected chi connectivity index (χ2v) is 6.16. The highest BCUT2D eigenvalue weighted by Crippen LogP contribution is 2.41. The summed E-state index contributed by atoms with van der Waals surface area (Å²) in [6, 6.07) is 6.96. The first-order valence-electron chi connectivity index (χ1n) is 6.57. The van der Waals surface area contributed by atoms with Crippen molar-refractivity contribution in [3.8, 4) is 0 Å². The molecule has 1 heterocycles. The predicted molar refractivity (Wildman–Crippen MR) is 76.3 cm³/mol. The van der Waals surface area contributed by atoms with Crippen LogP contribution < -0.4 is 10.6 Å². The van der Waals surface area contributed by atoms with E-state index in [0.717, 1.165) is 22.1 Å². The fraction of sp³-hybridized carbons (Fsp3) is 0.571. The van der Waals surface area contributed by atoms with Crippen molar-refractivity contribution in [3.05, 3.63) is 22.7 Å². The van der Waals surface area contributed by atoms with Crippen LogP contribution in [0.25, 0.3) is 0 Å². The average Bonchev–Trinajstić information content (AvgIpc) is 2.73. The van der Waals surface area contributed by atoms with Gasteiger partial charge in [-0.3, -0.25) is 0 Å². The van der Waals surface area contributed by atoms with Crippen LogP contribution in [-0.4, -0.2) is 12.6 Å². The van der Waals surface area contributed by atoms with Gasteiger partial charge in [0.15, 0.2) is 0 Å². The largest absolute Gasteiger partial charge is 0.399 e. The van der Waals surface area contributed by atoms with E-state index in [9.17, 15) is 0 Å². The molecule has 1 aromatic rings. The molecule has 1 aliphatic heterocycles. The average molecular weight is 295 g/mol. The lowest BCUT2D eigenvalue weighted by molar-refractivity contribution is 0.342. The molecule has 1 aliphatic carbocycles. The number of rotatable bonds is 1. The second-order valence-electron chi connectivity index (χ2n) is 5.30. The number of halogens is 1. The lowest BCUT2D eigenvalue weighted by Gasteiger charge is -2.33. The van der Waals surface area contributed by atoms with Crippen molar-refractivity contribution < 1.29 is 0 Å². The van der Waals surface area contributed by atoms with Gasteiger partial charge in [0.05, 0.1) is 5.69 Å². The Bertz CT molecular complexity index is 419. The highest BCUT2D eigenvalue weighted by Gasteiger charge is 2.36. The monoisotopic (exact) mass is 294 g/mol. The molecule has 1 saturated carbocycles. The summed E-state index contributed by atoms with van der Waals surface area (Å²) in [6.45, 7) is 1.21. The SMILES string of the molecule is Nc1ccc(N2CCC3CCCCC32)c(Br)c1. The van der Waals surface area contributed by atoms with Gasteiger partial charge in [-0.05, 0) is 59.3 Å². The molecule has 0 amide bonds. The number of nitrogen functional groups attached to an aromatic ring is 1. The van der Waals surface area contributed by atoms with E-state index in [2.05, 4.69) is 26.9 Å². The Hall–Kier alpha value is -0.700. The summed E-state index contributed by atoms with van der Waals surface area (Å²) in [5.74, 6) is 0.924. The van der Waals surface area contributed by atoms with Crippen LogP contribution in [0.2, 0.25) is 0 Å². The number of nitrogens with zero attached hydrogens (tertiary/aromatic N) is 1. The molecule has 2 unspecified atom stereocenters. The molecule has 2 fully saturated rings. The molecule has 3 rings (SSSR count). The summed E-state index contributed by atoms with van der Waals surface area (Å²) in [6.07, 6.45) is 6.97. The fourth-order valence-corrected chi connectivity index (χ4v) is 4.09. The van der Waals surface area contributed by atoms with Gasteiger partial charge < -0.3 is 10.6 Å². The number of hydrogen-bond donors (Lipinski definition) is 1. The van der Waals surface area contributed by atoms with Gasteiger partial charge in [0.1, 0.15) is 0 Å². The Balaban J connectivity index is 1.88. The molecule has 0 radical (unpaired) electrons. The first kappa shape index (κ1) is 11.4. The first-order chi connectivity index (χ1) is 8.25. The van der Waals surface area contributed by atoms with Gasteiger partial charge in [0.25, 0.3) is 0 Å². The van der Waals surface area contributed by atoms with E-state index in [1.165, 1.54) is 44.3 Å². The quantitative estimate of drug-likeness (QED) is 0.798. The summed E-state index contributed by atoms with van der Waals surface area (Å²) in [5.41, 5.74) is 7.97. The Morgan fingerprint density at radius 2 is 2.00 bits per heavy atom. The van der Waals surface area contributed by atoms with Crippen LogP contribution in [0.15, 0.2) is 22.7 Å². The summed E-state index contributed by atoms with van der Waals surface area (Å²) in [7, 11) is 0. The highest BCUT2D eigenvalue weighted by molar-refractivity contribution is 9.10. The molecule has 0 aromatic heterocycles. The zero-order chi connectivity index (χ0) is 11.8. The number of hydrogen-bond acceptors (Lipinski definition) is 2. The van der Waals surface area contributed by atoms with Crippen LogP contribution in [0.4, 0.5) is 11.4 Å². The molecule has 2 N–H and O–H groups in total. The van der Waals surface area contributed by atoms with Crippen molar-refractivity contribution in [3.63, 3.8) is 0 Å². The zero-order valence-corrected chi connectivity index (χ0v) is 11.6. The Kier molecular flexibility index (Phi) is 3.03. The smallest absolute Gasteiger partial charge is 0.0514 e. The van der Waals surface area contributed by atoms with Crippen LogP contribution >= 0.6 is 15.9 Å². The van der Waals surface area contributed by atoms with Crippen molar-refractivity contribution >= 4 is 27.3 Å². The van der Waals surface area contributed by atoms with Gasteiger partial charge in [-0.15, -0.1) is 0 Å². The van der Waals surface area contributed by atoms with Gasteiger partial charge in [0, 0.05) is 22.7 Å². The van der Waals surface area contributed by atoms with Gasteiger partial charge >= 0.3 is 0 Å². The number of nitrogens with two attached hydrogens (primary N) is 1. The van der Waals surface area contributed by atoms with E-state index in [1.807, 2.05) is 12.1 Å². The predicted octanol–water partition coefficient (Wildman–Crippen LogP) is 3.80.